The van der Waals surface area contributed by atoms with E-state index >= 15 is 0 Å². The van der Waals surface area contributed by atoms with Gasteiger partial charge in [-0.25, -0.2) is 0 Å². The van der Waals surface area contributed by atoms with Gasteiger partial charge in [0.1, 0.15) is 0 Å². The fraction of sp³-hybridized carbons (Fsp3) is 0.318. The van der Waals surface area contributed by atoms with E-state index in [9.17, 15) is 0 Å². The Balaban J connectivity index is 1.40. The third-order valence-corrected chi connectivity index (χ3v) is 5.27. The van der Waals surface area contributed by atoms with Crippen LogP contribution in [0.5, 0.6) is 0 Å². The quantitative estimate of drug-likeness (QED) is 0.734. The molecule has 0 unspecified atom stereocenters. The van der Waals surface area contributed by atoms with Gasteiger partial charge in [-0.2, -0.15) is 5.10 Å². The van der Waals surface area contributed by atoms with Gasteiger partial charge in [0.05, 0.1) is 12.2 Å². The number of aryl methyl sites for hydroxylation is 1. The molecule has 0 spiro atoms. The van der Waals surface area contributed by atoms with Crippen molar-refractivity contribution in [3.63, 3.8) is 0 Å². The first-order valence-corrected chi connectivity index (χ1v) is 9.07. The van der Waals surface area contributed by atoms with Crippen molar-refractivity contribution in [2.75, 3.05) is 0 Å². The monoisotopic (exact) mass is 331 g/mol. The number of nitrogens with zero attached hydrogens (tertiary/aromatic N) is 2. The molecule has 0 aliphatic heterocycles. The van der Waals surface area contributed by atoms with Crippen LogP contribution in [0.25, 0.3) is 0 Å². The van der Waals surface area contributed by atoms with Crippen LogP contribution in [0, 0.1) is 13.8 Å². The Bertz CT molecular complexity index is 836. The fourth-order valence-electron chi connectivity index (χ4n) is 3.62. The lowest BCUT2D eigenvalue weighted by molar-refractivity contribution is 0.649. The minimum atomic E-state index is 0.596. The average Bonchev–Trinajstić information content (AvgIpc) is 3.37. The van der Waals surface area contributed by atoms with Gasteiger partial charge in [0, 0.05) is 29.8 Å². The van der Waals surface area contributed by atoms with Gasteiger partial charge in [-0.3, -0.25) is 4.68 Å². The van der Waals surface area contributed by atoms with Crippen molar-refractivity contribution in [2.45, 2.75) is 45.3 Å². The first-order chi connectivity index (χ1) is 12.2. The van der Waals surface area contributed by atoms with E-state index in [2.05, 4.69) is 84.5 Å². The SMILES string of the molecule is Cc1nn(Cc2ccccc2)c(C)c1CN[C@H]1C[C@H]1c1ccccc1. The molecular weight excluding hydrogens is 306 g/mol. The third-order valence-electron chi connectivity index (χ3n) is 5.27. The lowest BCUT2D eigenvalue weighted by Gasteiger charge is -2.07. The second-order valence-corrected chi connectivity index (χ2v) is 7.03. The number of aromatic nitrogens is 2. The molecule has 2 atom stereocenters. The minimum Gasteiger partial charge on any atom is -0.309 e. The Labute approximate surface area is 149 Å². The van der Waals surface area contributed by atoms with Crippen LogP contribution in [0.1, 0.15) is 40.4 Å². The third kappa shape index (κ3) is 3.52. The molecule has 4 rings (SSSR count). The molecule has 1 N–H and O–H groups in total. The highest BCUT2D eigenvalue weighted by Gasteiger charge is 2.37. The van der Waals surface area contributed by atoms with Crippen molar-refractivity contribution in [1.82, 2.24) is 15.1 Å². The molecule has 2 aromatic carbocycles. The van der Waals surface area contributed by atoms with Crippen LogP contribution in [0.2, 0.25) is 0 Å². The van der Waals surface area contributed by atoms with Gasteiger partial charge in [-0.1, -0.05) is 60.7 Å². The minimum absolute atomic E-state index is 0.596. The van der Waals surface area contributed by atoms with Crippen LogP contribution in [-0.2, 0) is 13.1 Å². The topological polar surface area (TPSA) is 29.9 Å². The van der Waals surface area contributed by atoms with Crippen LogP contribution in [0.4, 0.5) is 0 Å². The molecule has 0 amide bonds. The molecule has 1 heterocycles. The van der Waals surface area contributed by atoms with Crippen molar-refractivity contribution in [2.24, 2.45) is 0 Å². The zero-order valence-corrected chi connectivity index (χ0v) is 14.9. The summed E-state index contributed by atoms with van der Waals surface area (Å²) in [5.41, 5.74) is 6.49. The summed E-state index contributed by atoms with van der Waals surface area (Å²) in [6, 6.07) is 22.0. The maximum atomic E-state index is 4.76. The summed E-state index contributed by atoms with van der Waals surface area (Å²) >= 11 is 0. The first-order valence-electron chi connectivity index (χ1n) is 9.07. The first kappa shape index (κ1) is 16.1. The molecule has 1 fully saturated rings. The van der Waals surface area contributed by atoms with Gasteiger partial charge < -0.3 is 5.32 Å². The van der Waals surface area contributed by atoms with Crippen LogP contribution in [-0.4, -0.2) is 15.8 Å². The van der Waals surface area contributed by atoms with E-state index in [4.69, 9.17) is 5.10 Å². The summed E-state index contributed by atoms with van der Waals surface area (Å²) in [6.07, 6.45) is 1.24. The van der Waals surface area contributed by atoms with Crippen LogP contribution in [0.15, 0.2) is 60.7 Å². The Morgan fingerprint density at radius 3 is 2.40 bits per heavy atom. The van der Waals surface area contributed by atoms with Crippen molar-refractivity contribution >= 4 is 0 Å². The smallest absolute Gasteiger partial charge is 0.0662 e. The van der Waals surface area contributed by atoms with Crippen molar-refractivity contribution < 1.29 is 0 Å². The van der Waals surface area contributed by atoms with Gasteiger partial charge in [0.15, 0.2) is 0 Å². The van der Waals surface area contributed by atoms with Gasteiger partial charge in [0.25, 0.3) is 0 Å². The van der Waals surface area contributed by atoms with E-state index in [1.165, 1.54) is 28.8 Å². The average molecular weight is 331 g/mol. The highest BCUT2D eigenvalue weighted by molar-refractivity contribution is 5.29. The fourth-order valence-corrected chi connectivity index (χ4v) is 3.62. The molecule has 0 radical (unpaired) electrons. The molecule has 25 heavy (non-hydrogen) atoms. The summed E-state index contributed by atoms with van der Waals surface area (Å²) in [5.74, 6) is 0.668. The highest BCUT2D eigenvalue weighted by atomic mass is 15.3. The zero-order chi connectivity index (χ0) is 17.2. The molecule has 1 saturated carbocycles. The summed E-state index contributed by atoms with van der Waals surface area (Å²) in [4.78, 5) is 0. The van der Waals surface area contributed by atoms with Crippen LogP contribution in [0.3, 0.4) is 0 Å². The molecule has 1 aliphatic carbocycles. The number of rotatable bonds is 6. The van der Waals surface area contributed by atoms with Crippen molar-refractivity contribution in [3.05, 3.63) is 88.7 Å². The second kappa shape index (κ2) is 6.85. The van der Waals surface area contributed by atoms with Crippen LogP contribution >= 0.6 is 0 Å². The van der Waals surface area contributed by atoms with Crippen LogP contribution < -0.4 is 5.32 Å². The maximum Gasteiger partial charge on any atom is 0.0662 e. The predicted molar refractivity (Wildman–Crippen MR) is 102 cm³/mol. The largest absolute Gasteiger partial charge is 0.309 e. The van der Waals surface area contributed by atoms with Gasteiger partial charge in [-0.15, -0.1) is 0 Å². The molecule has 128 valence electrons. The molecule has 1 aliphatic rings. The zero-order valence-electron chi connectivity index (χ0n) is 14.9. The summed E-state index contributed by atoms with van der Waals surface area (Å²) < 4.78 is 2.13. The molecule has 3 nitrogen and oxygen atoms in total. The van der Waals surface area contributed by atoms with E-state index in [1.54, 1.807) is 0 Å². The van der Waals surface area contributed by atoms with E-state index < -0.39 is 0 Å². The lowest BCUT2D eigenvalue weighted by atomic mass is 10.1. The Morgan fingerprint density at radius 1 is 1.00 bits per heavy atom. The maximum absolute atomic E-state index is 4.76. The number of hydrogen-bond acceptors (Lipinski definition) is 2. The summed E-state index contributed by atoms with van der Waals surface area (Å²) in [7, 11) is 0. The van der Waals surface area contributed by atoms with Crippen molar-refractivity contribution in [3.8, 4) is 0 Å². The van der Waals surface area contributed by atoms with Gasteiger partial charge in [0.2, 0.25) is 0 Å². The van der Waals surface area contributed by atoms with Gasteiger partial charge in [-0.05, 0) is 31.4 Å². The number of nitrogens with one attached hydrogen (secondary N) is 1. The molecule has 1 aromatic heterocycles. The Hall–Kier alpha value is -2.39. The predicted octanol–water partition coefficient (Wildman–Crippen LogP) is 4.19. The molecule has 0 saturated heterocycles. The summed E-state index contributed by atoms with van der Waals surface area (Å²) in [5, 5.41) is 8.48. The molecule has 3 heteroatoms. The Morgan fingerprint density at radius 2 is 1.68 bits per heavy atom. The normalized spacial score (nSPS) is 19.1. The van der Waals surface area contributed by atoms with E-state index in [1.807, 2.05) is 0 Å². The number of benzene rings is 2. The lowest BCUT2D eigenvalue weighted by Crippen LogP contribution is -2.18. The molecule has 3 aromatic rings. The second-order valence-electron chi connectivity index (χ2n) is 7.03. The highest BCUT2D eigenvalue weighted by Crippen LogP contribution is 2.40. The van der Waals surface area contributed by atoms with E-state index in [0.29, 0.717) is 12.0 Å². The van der Waals surface area contributed by atoms with Crippen molar-refractivity contribution in [1.29, 1.82) is 0 Å². The van der Waals surface area contributed by atoms with E-state index in [-0.39, 0.29) is 0 Å². The van der Waals surface area contributed by atoms with E-state index in [0.717, 1.165) is 18.8 Å². The molecule has 0 bridgehead atoms. The standard InChI is InChI=1S/C22H25N3/c1-16-21(14-23-22-13-20(22)19-11-7-4-8-12-19)17(2)25(24-16)15-18-9-5-3-6-10-18/h3-12,20,22-23H,13-15H2,1-2H3/t20-,22-/m0/s1. The Kier molecular flexibility index (Phi) is 4.41. The van der Waals surface area contributed by atoms with Gasteiger partial charge >= 0.3 is 0 Å². The summed E-state index contributed by atoms with van der Waals surface area (Å²) in [6.45, 7) is 6.04. The molecular formula is C22H25N3. The number of hydrogen-bond donors (Lipinski definition) is 1.